The predicted octanol–water partition coefficient (Wildman–Crippen LogP) is 5.78. The van der Waals surface area contributed by atoms with Crippen LogP contribution in [0.5, 0.6) is 0 Å². The molecule has 0 N–H and O–H groups in total. The second kappa shape index (κ2) is 6.12. The predicted molar refractivity (Wildman–Crippen MR) is 99.8 cm³/mol. The topological polar surface area (TPSA) is 0 Å². The highest BCUT2D eigenvalue weighted by Crippen LogP contribution is 2.27. The van der Waals surface area contributed by atoms with E-state index >= 15 is 0 Å². The molecule has 0 heterocycles. The van der Waals surface area contributed by atoms with Crippen LogP contribution in [-0.2, 0) is 11.8 Å². The van der Waals surface area contributed by atoms with Crippen molar-refractivity contribution in [3.63, 3.8) is 0 Å². The molecule has 2 aromatic rings. The lowest BCUT2D eigenvalue weighted by Crippen LogP contribution is -2.11. The van der Waals surface area contributed by atoms with E-state index in [1.807, 2.05) is 0 Å². The van der Waals surface area contributed by atoms with Crippen molar-refractivity contribution in [2.45, 2.75) is 32.6 Å². The lowest BCUT2D eigenvalue weighted by Gasteiger charge is -2.20. The Morgan fingerprint density at radius 1 is 0.842 bits per heavy atom. The average Bonchev–Trinajstić information content (AvgIpc) is 2.33. The van der Waals surface area contributed by atoms with Crippen molar-refractivity contribution in [3.05, 3.63) is 66.3 Å². The second-order valence-corrected chi connectivity index (χ2v) is 8.15. The maximum Gasteiger partial charge on any atom is 0.0168 e. The Bertz CT molecular complexity index is 580. The molecule has 0 aliphatic heterocycles. The van der Waals surface area contributed by atoms with Gasteiger partial charge in [0.25, 0.3) is 0 Å². The summed E-state index contributed by atoms with van der Waals surface area (Å²) >= 11 is 4.88. The zero-order chi connectivity index (χ0) is 14.0. The number of halogens is 2. The van der Waals surface area contributed by atoms with E-state index in [2.05, 4.69) is 108 Å². The van der Waals surface area contributed by atoms with Crippen molar-refractivity contribution in [1.82, 2.24) is 0 Å². The minimum atomic E-state index is 0.222. The van der Waals surface area contributed by atoms with Gasteiger partial charge < -0.3 is 0 Å². The largest absolute Gasteiger partial charge is 0.0619 e. The summed E-state index contributed by atoms with van der Waals surface area (Å²) in [6.07, 6.45) is 1.02. The van der Waals surface area contributed by atoms with Gasteiger partial charge in [0.05, 0.1) is 0 Å². The van der Waals surface area contributed by atoms with Crippen LogP contribution in [-0.4, -0.2) is 0 Å². The molecule has 2 aromatic carbocycles. The summed E-state index contributed by atoms with van der Waals surface area (Å²) in [5, 5.41) is 0. The first kappa shape index (κ1) is 15.3. The molecule has 0 fully saturated rings. The monoisotopic (exact) mass is 476 g/mol. The molecule has 0 aromatic heterocycles. The molecule has 0 saturated heterocycles. The van der Waals surface area contributed by atoms with Crippen LogP contribution in [0.15, 0.2) is 42.5 Å². The van der Waals surface area contributed by atoms with Gasteiger partial charge in [0.1, 0.15) is 0 Å². The molecule has 0 aliphatic rings. The van der Waals surface area contributed by atoms with E-state index in [1.54, 1.807) is 0 Å². The summed E-state index contributed by atoms with van der Waals surface area (Å²) in [4.78, 5) is 0. The standard InChI is InChI=1S/C17H18I2/c1-17(2,3)14-9-8-13(16(19)11-14)10-12-6-4-5-7-15(12)18/h4-9,11H,10H2,1-3H3. The summed E-state index contributed by atoms with van der Waals surface area (Å²) in [6, 6.07) is 15.5. The van der Waals surface area contributed by atoms with Crippen molar-refractivity contribution in [3.8, 4) is 0 Å². The smallest absolute Gasteiger partial charge is 0.0168 e. The second-order valence-electron chi connectivity index (χ2n) is 5.82. The van der Waals surface area contributed by atoms with Crippen molar-refractivity contribution in [2.75, 3.05) is 0 Å². The Morgan fingerprint density at radius 3 is 2.05 bits per heavy atom. The highest BCUT2D eigenvalue weighted by Gasteiger charge is 2.15. The molecular weight excluding hydrogens is 458 g/mol. The third-order valence-corrected chi connectivity index (χ3v) is 5.31. The molecule has 0 nitrogen and oxygen atoms in total. The van der Waals surface area contributed by atoms with Gasteiger partial charge in [-0.1, -0.05) is 51.1 Å². The van der Waals surface area contributed by atoms with Crippen LogP contribution in [0.3, 0.4) is 0 Å². The summed E-state index contributed by atoms with van der Waals surface area (Å²) in [5.41, 5.74) is 4.45. The van der Waals surface area contributed by atoms with Crippen LogP contribution in [0, 0.1) is 7.14 Å². The maximum atomic E-state index is 2.46. The Balaban J connectivity index is 2.30. The van der Waals surface area contributed by atoms with E-state index in [-0.39, 0.29) is 5.41 Å². The van der Waals surface area contributed by atoms with Gasteiger partial charge in [0.15, 0.2) is 0 Å². The molecule has 0 bridgehead atoms. The number of benzene rings is 2. The van der Waals surface area contributed by atoms with E-state index in [0.29, 0.717) is 0 Å². The Kier molecular flexibility index (Phi) is 4.93. The van der Waals surface area contributed by atoms with Gasteiger partial charge in [0, 0.05) is 7.14 Å². The van der Waals surface area contributed by atoms with E-state index in [9.17, 15) is 0 Å². The van der Waals surface area contributed by atoms with E-state index in [4.69, 9.17) is 0 Å². The van der Waals surface area contributed by atoms with Crippen LogP contribution in [0.1, 0.15) is 37.5 Å². The minimum absolute atomic E-state index is 0.222. The number of hydrogen-bond donors (Lipinski definition) is 0. The summed E-state index contributed by atoms with van der Waals surface area (Å²) < 4.78 is 2.71. The van der Waals surface area contributed by atoms with Crippen LogP contribution >= 0.6 is 45.2 Å². The molecule has 0 aliphatic carbocycles. The fraction of sp³-hybridized carbons (Fsp3) is 0.294. The van der Waals surface area contributed by atoms with Gasteiger partial charge >= 0.3 is 0 Å². The minimum Gasteiger partial charge on any atom is -0.0619 e. The molecular formula is C17H18I2. The molecule has 2 heteroatoms. The summed E-state index contributed by atoms with van der Waals surface area (Å²) in [7, 11) is 0. The van der Waals surface area contributed by atoms with Crippen molar-refractivity contribution < 1.29 is 0 Å². The molecule has 19 heavy (non-hydrogen) atoms. The zero-order valence-corrected chi connectivity index (χ0v) is 15.8. The Morgan fingerprint density at radius 2 is 1.47 bits per heavy atom. The van der Waals surface area contributed by atoms with Gasteiger partial charge in [-0.05, 0) is 85.8 Å². The number of hydrogen-bond acceptors (Lipinski definition) is 0. The third-order valence-electron chi connectivity index (χ3n) is 3.26. The first-order valence-electron chi connectivity index (χ1n) is 6.40. The fourth-order valence-corrected chi connectivity index (χ4v) is 3.29. The van der Waals surface area contributed by atoms with E-state index < -0.39 is 0 Å². The first-order chi connectivity index (χ1) is 8.88. The van der Waals surface area contributed by atoms with Gasteiger partial charge in [-0.2, -0.15) is 0 Å². The molecule has 0 amide bonds. The van der Waals surface area contributed by atoms with Crippen molar-refractivity contribution in [1.29, 1.82) is 0 Å². The van der Waals surface area contributed by atoms with Gasteiger partial charge in [0.2, 0.25) is 0 Å². The SMILES string of the molecule is CC(C)(C)c1ccc(Cc2ccccc2I)c(I)c1. The highest BCUT2D eigenvalue weighted by atomic mass is 127. The molecule has 0 unspecified atom stereocenters. The van der Waals surface area contributed by atoms with Crippen LogP contribution in [0.25, 0.3) is 0 Å². The van der Waals surface area contributed by atoms with E-state index in [1.165, 1.54) is 23.8 Å². The van der Waals surface area contributed by atoms with Gasteiger partial charge in [-0.3, -0.25) is 0 Å². The van der Waals surface area contributed by atoms with Crippen LogP contribution in [0.2, 0.25) is 0 Å². The quantitative estimate of drug-likeness (QED) is 0.482. The third kappa shape index (κ3) is 3.94. The molecule has 100 valence electrons. The molecule has 2 rings (SSSR count). The Labute approximate surface area is 143 Å². The first-order valence-corrected chi connectivity index (χ1v) is 8.56. The lowest BCUT2D eigenvalue weighted by molar-refractivity contribution is 0.589. The zero-order valence-electron chi connectivity index (χ0n) is 11.5. The Hall–Kier alpha value is -0.1000. The lowest BCUT2D eigenvalue weighted by atomic mass is 9.86. The number of rotatable bonds is 2. The van der Waals surface area contributed by atoms with Gasteiger partial charge in [-0.15, -0.1) is 0 Å². The molecule has 0 atom stereocenters. The molecule has 0 saturated carbocycles. The summed E-state index contributed by atoms with van der Waals surface area (Å²) in [5.74, 6) is 0. The summed E-state index contributed by atoms with van der Waals surface area (Å²) in [6.45, 7) is 6.79. The van der Waals surface area contributed by atoms with Crippen molar-refractivity contribution in [2.24, 2.45) is 0 Å². The van der Waals surface area contributed by atoms with Crippen LogP contribution in [0.4, 0.5) is 0 Å². The van der Waals surface area contributed by atoms with Gasteiger partial charge in [-0.25, -0.2) is 0 Å². The highest BCUT2D eigenvalue weighted by molar-refractivity contribution is 14.1. The molecule has 0 spiro atoms. The fourth-order valence-electron chi connectivity index (χ4n) is 2.00. The molecule has 0 radical (unpaired) electrons. The normalized spacial score (nSPS) is 11.6. The average molecular weight is 476 g/mol. The maximum absolute atomic E-state index is 2.46. The van der Waals surface area contributed by atoms with Crippen molar-refractivity contribution >= 4 is 45.2 Å². The van der Waals surface area contributed by atoms with E-state index in [0.717, 1.165) is 6.42 Å². The van der Waals surface area contributed by atoms with Crippen LogP contribution < -0.4 is 0 Å².